The summed E-state index contributed by atoms with van der Waals surface area (Å²) < 4.78 is 1.16. The first-order valence-electron chi connectivity index (χ1n) is 7.53. The molecule has 0 bridgehead atoms. The number of rotatable bonds is 5. The van der Waals surface area contributed by atoms with Gasteiger partial charge in [-0.15, -0.1) is 0 Å². The highest BCUT2D eigenvalue weighted by Crippen LogP contribution is 2.29. The van der Waals surface area contributed by atoms with E-state index in [0.29, 0.717) is 5.92 Å². The minimum absolute atomic E-state index is 0.215. The van der Waals surface area contributed by atoms with E-state index in [-0.39, 0.29) is 6.04 Å². The van der Waals surface area contributed by atoms with Crippen molar-refractivity contribution in [2.45, 2.75) is 33.2 Å². The molecule has 2 aromatic rings. The molecule has 0 saturated carbocycles. The molecule has 2 heteroatoms. The Hall–Kier alpha value is -1.12. The molecule has 1 nitrogen and oxygen atoms in total. The average Bonchev–Trinajstić information content (AvgIpc) is 2.41. The lowest BCUT2D eigenvalue weighted by molar-refractivity contribution is 0.643. The maximum absolute atomic E-state index is 3.70. The molecule has 0 aliphatic carbocycles. The maximum Gasteiger partial charge on any atom is 0.0585 e. The van der Waals surface area contributed by atoms with Crippen LogP contribution in [-0.2, 0) is 6.42 Å². The van der Waals surface area contributed by atoms with Crippen molar-refractivity contribution in [3.05, 3.63) is 69.2 Å². The van der Waals surface area contributed by atoms with Gasteiger partial charge in [-0.05, 0) is 54.6 Å². The molecule has 0 aliphatic rings. The summed E-state index contributed by atoms with van der Waals surface area (Å²) in [5, 5.41) is 3.45. The third kappa shape index (κ3) is 4.18. The van der Waals surface area contributed by atoms with Gasteiger partial charge in [0.05, 0.1) is 6.04 Å². The number of nitrogens with one attached hydrogen (secondary N) is 1. The van der Waals surface area contributed by atoms with Crippen molar-refractivity contribution in [2.75, 3.05) is 7.05 Å². The van der Waals surface area contributed by atoms with Gasteiger partial charge in [-0.3, -0.25) is 0 Å². The van der Waals surface area contributed by atoms with Gasteiger partial charge in [0, 0.05) is 4.47 Å². The SMILES string of the molecule is CNC(c1cccc(CC(C)C)c1)c1ccc(C)cc1Br. The van der Waals surface area contributed by atoms with Crippen LogP contribution in [0.5, 0.6) is 0 Å². The Morgan fingerprint density at radius 2 is 1.86 bits per heavy atom. The van der Waals surface area contributed by atoms with Crippen LogP contribution >= 0.6 is 15.9 Å². The van der Waals surface area contributed by atoms with Crippen LogP contribution in [0.2, 0.25) is 0 Å². The van der Waals surface area contributed by atoms with Crippen molar-refractivity contribution in [3.63, 3.8) is 0 Å². The highest BCUT2D eigenvalue weighted by atomic mass is 79.9. The Morgan fingerprint density at radius 3 is 2.48 bits per heavy atom. The molecule has 1 N–H and O–H groups in total. The minimum Gasteiger partial charge on any atom is -0.309 e. The van der Waals surface area contributed by atoms with Crippen molar-refractivity contribution in [1.82, 2.24) is 5.32 Å². The molecule has 0 fully saturated rings. The van der Waals surface area contributed by atoms with Crippen LogP contribution in [0, 0.1) is 12.8 Å². The zero-order valence-corrected chi connectivity index (χ0v) is 14.9. The molecule has 0 radical (unpaired) electrons. The Balaban J connectivity index is 2.37. The van der Waals surface area contributed by atoms with E-state index in [2.05, 4.69) is 84.5 Å². The van der Waals surface area contributed by atoms with Crippen molar-refractivity contribution >= 4 is 15.9 Å². The summed E-state index contributed by atoms with van der Waals surface area (Å²) in [5.74, 6) is 0.680. The van der Waals surface area contributed by atoms with E-state index in [0.717, 1.165) is 10.9 Å². The van der Waals surface area contributed by atoms with Crippen molar-refractivity contribution in [2.24, 2.45) is 5.92 Å². The van der Waals surface area contributed by atoms with Crippen LogP contribution in [0.3, 0.4) is 0 Å². The second-order valence-corrected chi connectivity index (χ2v) is 6.94. The quantitative estimate of drug-likeness (QED) is 0.778. The minimum atomic E-state index is 0.215. The first-order chi connectivity index (χ1) is 10.0. The second kappa shape index (κ2) is 7.24. The summed E-state index contributed by atoms with van der Waals surface area (Å²) in [6.45, 7) is 6.64. The van der Waals surface area contributed by atoms with E-state index in [4.69, 9.17) is 0 Å². The second-order valence-electron chi connectivity index (χ2n) is 6.09. The highest BCUT2D eigenvalue weighted by Gasteiger charge is 2.15. The first-order valence-corrected chi connectivity index (χ1v) is 8.32. The molecule has 0 heterocycles. The van der Waals surface area contributed by atoms with Gasteiger partial charge >= 0.3 is 0 Å². The Morgan fingerprint density at radius 1 is 1.10 bits per heavy atom. The highest BCUT2D eigenvalue weighted by molar-refractivity contribution is 9.10. The predicted octanol–water partition coefficient (Wildman–Crippen LogP) is 5.26. The summed E-state index contributed by atoms with van der Waals surface area (Å²) in [6, 6.07) is 15.7. The third-order valence-electron chi connectivity index (χ3n) is 3.68. The topological polar surface area (TPSA) is 12.0 Å². The summed E-state index contributed by atoms with van der Waals surface area (Å²) in [6.07, 6.45) is 1.12. The summed E-state index contributed by atoms with van der Waals surface area (Å²) in [5.41, 5.74) is 5.28. The molecule has 0 spiro atoms. The van der Waals surface area contributed by atoms with E-state index >= 15 is 0 Å². The summed E-state index contributed by atoms with van der Waals surface area (Å²) in [7, 11) is 2.02. The normalized spacial score (nSPS) is 12.7. The zero-order valence-electron chi connectivity index (χ0n) is 13.3. The Labute approximate surface area is 136 Å². The predicted molar refractivity (Wildman–Crippen MR) is 94.8 cm³/mol. The fourth-order valence-electron chi connectivity index (χ4n) is 2.74. The smallest absolute Gasteiger partial charge is 0.0585 e. The first kappa shape index (κ1) is 16.3. The van der Waals surface area contributed by atoms with Crippen LogP contribution in [-0.4, -0.2) is 7.05 Å². The lowest BCUT2D eigenvalue weighted by Gasteiger charge is -2.20. The molecular weight excluding hydrogens is 322 g/mol. The van der Waals surface area contributed by atoms with Crippen LogP contribution in [0.25, 0.3) is 0 Å². The number of benzene rings is 2. The lowest BCUT2D eigenvalue weighted by atomic mass is 9.94. The fourth-order valence-corrected chi connectivity index (χ4v) is 3.46. The Bertz CT molecular complexity index is 604. The van der Waals surface area contributed by atoms with E-state index in [9.17, 15) is 0 Å². The molecule has 0 aromatic heterocycles. The summed E-state index contributed by atoms with van der Waals surface area (Å²) >= 11 is 3.70. The van der Waals surface area contributed by atoms with E-state index in [1.165, 1.54) is 22.3 Å². The molecule has 1 unspecified atom stereocenters. The van der Waals surface area contributed by atoms with E-state index < -0.39 is 0 Å². The van der Waals surface area contributed by atoms with Gasteiger partial charge in [0.1, 0.15) is 0 Å². The molecule has 21 heavy (non-hydrogen) atoms. The number of hydrogen-bond donors (Lipinski definition) is 1. The molecule has 0 saturated heterocycles. The third-order valence-corrected chi connectivity index (χ3v) is 4.37. The molecule has 2 aromatic carbocycles. The van der Waals surface area contributed by atoms with Gasteiger partial charge in [-0.2, -0.15) is 0 Å². The standard InChI is InChI=1S/C19H24BrN/c1-13(2)10-15-6-5-7-16(12-15)19(21-4)17-9-8-14(3)11-18(17)20/h5-9,11-13,19,21H,10H2,1-4H3. The zero-order chi connectivity index (χ0) is 15.4. The van der Waals surface area contributed by atoms with E-state index in [1.807, 2.05) is 7.05 Å². The molecule has 1 atom stereocenters. The van der Waals surface area contributed by atoms with Crippen molar-refractivity contribution in [3.8, 4) is 0 Å². The number of hydrogen-bond acceptors (Lipinski definition) is 1. The van der Waals surface area contributed by atoms with Crippen molar-refractivity contribution in [1.29, 1.82) is 0 Å². The van der Waals surface area contributed by atoms with Crippen molar-refractivity contribution < 1.29 is 0 Å². The molecule has 0 amide bonds. The van der Waals surface area contributed by atoms with Gasteiger partial charge in [0.2, 0.25) is 0 Å². The average molecular weight is 346 g/mol. The number of aryl methyl sites for hydroxylation is 1. The van der Waals surface area contributed by atoms with Crippen LogP contribution < -0.4 is 5.32 Å². The fraction of sp³-hybridized carbons (Fsp3) is 0.368. The monoisotopic (exact) mass is 345 g/mol. The molecule has 112 valence electrons. The lowest BCUT2D eigenvalue weighted by Crippen LogP contribution is -2.18. The van der Waals surface area contributed by atoms with Gasteiger partial charge < -0.3 is 5.32 Å². The van der Waals surface area contributed by atoms with E-state index in [1.54, 1.807) is 0 Å². The largest absolute Gasteiger partial charge is 0.309 e. The van der Waals surface area contributed by atoms with Gasteiger partial charge in [-0.25, -0.2) is 0 Å². The Kier molecular flexibility index (Phi) is 5.60. The molecular formula is C19H24BrN. The van der Waals surface area contributed by atoms with Gasteiger partial charge in [0.25, 0.3) is 0 Å². The van der Waals surface area contributed by atoms with Crippen LogP contribution in [0.4, 0.5) is 0 Å². The molecule has 0 aliphatic heterocycles. The van der Waals surface area contributed by atoms with Gasteiger partial charge in [0.15, 0.2) is 0 Å². The maximum atomic E-state index is 3.70. The van der Waals surface area contributed by atoms with Crippen LogP contribution in [0.1, 0.15) is 42.1 Å². The number of halogens is 1. The van der Waals surface area contributed by atoms with Crippen LogP contribution in [0.15, 0.2) is 46.9 Å². The summed E-state index contributed by atoms with van der Waals surface area (Å²) in [4.78, 5) is 0. The van der Waals surface area contributed by atoms with Gasteiger partial charge in [-0.1, -0.05) is 66.2 Å². The molecule has 2 rings (SSSR count).